The second-order valence-corrected chi connectivity index (χ2v) is 7.69. The minimum Gasteiger partial charge on any atom is -0.361 e. The number of nitrogens with zero attached hydrogens (tertiary/aromatic N) is 5. The fourth-order valence-corrected chi connectivity index (χ4v) is 4.38. The molecule has 2 aliphatic rings. The van der Waals surface area contributed by atoms with E-state index >= 15 is 0 Å². The lowest BCUT2D eigenvalue weighted by Crippen LogP contribution is -2.54. The number of nitrogens with one attached hydrogen (secondary N) is 2. The van der Waals surface area contributed by atoms with Crippen molar-refractivity contribution in [3.63, 3.8) is 0 Å². The maximum Gasteiger partial charge on any atom is 0.152 e. The molecule has 0 aliphatic carbocycles. The molecule has 2 aromatic heterocycles. The van der Waals surface area contributed by atoms with Gasteiger partial charge in [-0.25, -0.2) is 9.99 Å². The van der Waals surface area contributed by atoms with Gasteiger partial charge in [-0.1, -0.05) is 0 Å². The lowest BCUT2D eigenvalue weighted by Gasteiger charge is -2.40. The second-order valence-electron chi connectivity index (χ2n) is 7.69. The van der Waals surface area contributed by atoms with Gasteiger partial charge in [-0.3, -0.25) is 5.01 Å². The van der Waals surface area contributed by atoms with Crippen molar-refractivity contribution in [2.45, 2.75) is 12.8 Å². The van der Waals surface area contributed by atoms with Crippen LogP contribution < -0.4 is 10.3 Å². The molecule has 2 aliphatic heterocycles. The molecule has 0 spiro atoms. The highest BCUT2D eigenvalue weighted by Crippen LogP contribution is 2.30. The normalized spacial score (nSPS) is 17.3. The zero-order valence-electron chi connectivity index (χ0n) is 16.4. The summed E-state index contributed by atoms with van der Waals surface area (Å²) in [7, 11) is 0. The highest BCUT2D eigenvalue weighted by molar-refractivity contribution is 5.84. The lowest BCUT2D eigenvalue weighted by molar-refractivity contribution is 0.124. The summed E-state index contributed by atoms with van der Waals surface area (Å²) in [5.41, 5.74) is 4.32. The Bertz CT molecular complexity index is 1040. The summed E-state index contributed by atoms with van der Waals surface area (Å²) < 4.78 is 0. The predicted molar refractivity (Wildman–Crippen MR) is 115 cm³/mol. The van der Waals surface area contributed by atoms with E-state index in [9.17, 15) is 0 Å². The molecule has 3 aromatic rings. The number of nitriles is 1. The third-order valence-corrected chi connectivity index (χ3v) is 5.97. The summed E-state index contributed by atoms with van der Waals surface area (Å²) in [6.45, 7) is 6.15. The number of anilines is 2. The Kier molecular flexibility index (Phi) is 4.80. The molecule has 0 amide bonds. The van der Waals surface area contributed by atoms with Gasteiger partial charge < -0.3 is 15.2 Å². The van der Waals surface area contributed by atoms with Gasteiger partial charge in [-0.05, 0) is 55.3 Å². The van der Waals surface area contributed by atoms with Gasteiger partial charge in [-0.15, -0.1) is 0 Å². The molecular weight excluding hydrogens is 362 g/mol. The van der Waals surface area contributed by atoms with E-state index in [0.717, 1.165) is 69.1 Å². The Labute approximate surface area is 170 Å². The van der Waals surface area contributed by atoms with Gasteiger partial charge >= 0.3 is 0 Å². The average Bonchev–Trinajstić information content (AvgIpc) is 3.38. The van der Waals surface area contributed by atoms with Crippen LogP contribution in [0.25, 0.3) is 10.9 Å². The molecule has 0 saturated carbocycles. The third kappa shape index (κ3) is 3.53. The molecule has 1 aromatic carbocycles. The smallest absolute Gasteiger partial charge is 0.152 e. The van der Waals surface area contributed by atoms with Gasteiger partial charge in [0, 0.05) is 49.5 Å². The second kappa shape index (κ2) is 7.74. The number of piperazine rings is 1. The molecule has 5 rings (SSSR count). The van der Waals surface area contributed by atoms with Crippen LogP contribution in [0.2, 0.25) is 0 Å². The first kappa shape index (κ1) is 18.0. The van der Waals surface area contributed by atoms with Crippen LogP contribution in [0.5, 0.6) is 0 Å². The Hall–Kier alpha value is -3.08. The highest BCUT2D eigenvalue weighted by Gasteiger charge is 2.27. The molecular formula is C22H25N7. The molecule has 1 saturated heterocycles. The van der Waals surface area contributed by atoms with Gasteiger partial charge in [0.25, 0.3) is 0 Å². The Morgan fingerprint density at radius 1 is 1.14 bits per heavy atom. The highest BCUT2D eigenvalue weighted by atomic mass is 15.7. The number of hydrogen-bond donors (Lipinski definition) is 2. The number of benzene rings is 1. The van der Waals surface area contributed by atoms with Crippen LogP contribution >= 0.6 is 0 Å². The molecule has 0 atom stereocenters. The van der Waals surface area contributed by atoms with Crippen molar-refractivity contribution in [2.75, 3.05) is 49.7 Å². The minimum absolute atomic E-state index is 0.725. The number of fused-ring (bicyclic) bond motifs is 2. The zero-order valence-corrected chi connectivity index (χ0v) is 16.4. The molecule has 148 valence electrons. The topological polar surface area (TPSA) is 74.2 Å². The fourth-order valence-electron chi connectivity index (χ4n) is 4.38. The number of H-pyrrole nitrogens is 1. The number of aryl methyl sites for hydroxylation is 1. The fraction of sp³-hybridized carbons (Fsp3) is 0.364. The molecule has 1 fully saturated rings. The molecule has 29 heavy (non-hydrogen) atoms. The number of hydrazine groups is 1. The van der Waals surface area contributed by atoms with Gasteiger partial charge in [0.15, 0.2) is 5.82 Å². The first-order valence-corrected chi connectivity index (χ1v) is 10.3. The molecule has 0 bridgehead atoms. The number of aromatic nitrogens is 2. The Morgan fingerprint density at radius 2 is 2.03 bits per heavy atom. The van der Waals surface area contributed by atoms with E-state index in [1.165, 1.54) is 16.6 Å². The van der Waals surface area contributed by atoms with Gasteiger partial charge in [0.2, 0.25) is 0 Å². The van der Waals surface area contributed by atoms with Crippen LogP contribution in [-0.4, -0.2) is 59.3 Å². The summed E-state index contributed by atoms with van der Waals surface area (Å²) >= 11 is 0. The van der Waals surface area contributed by atoms with Crippen LogP contribution in [0.4, 0.5) is 11.5 Å². The van der Waals surface area contributed by atoms with Gasteiger partial charge in [0.05, 0.1) is 17.3 Å². The number of pyridine rings is 1. The Morgan fingerprint density at radius 3 is 2.90 bits per heavy atom. The van der Waals surface area contributed by atoms with Crippen LogP contribution in [0.15, 0.2) is 42.7 Å². The standard InChI is InChI=1S/C22H25N7/c23-14-17-5-6-20-19(13-17)18(15-25-20)3-2-8-27-9-11-28(12-10-27)29-16-26-22-21(29)4-1-7-24-22/h1,4-7,13,15,25H,2-3,8-12,16H2,(H,24,26). The van der Waals surface area contributed by atoms with E-state index in [1.807, 2.05) is 30.5 Å². The number of aromatic amines is 1. The van der Waals surface area contributed by atoms with Crippen LogP contribution in [0.1, 0.15) is 17.5 Å². The summed E-state index contributed by atoms with van der Waals surface area (Å²) in [5.74, 6) is 0.980. The SMILES string of the molecule is N#Cc1ccc2[nH]cc(CCCN3CCN(N4CNc5ncccc54)CC3)c2c1. The molecule has 0 radical (unpaired) electrons. The van der Waals surface area contributed by atoms with Crippen LogP contribution in [0.3, 0.4) is 0 Å². The van der Waals surface area contributed by atoms with E-state index in [4.69, 9.17) is 5.26 Å². The van der Waals surface area contributed by atoms with Crippen molar-refractivity contribution in [1.82, 2.24) is 19.9 Å². The van der Waals surface area contributed by atoms with E-state index < -0.39 is 0 Å². The van der Waals surface area contributed by atoms with Crippen LogP contribution in [-0.2, 0) is 6.42 Å². The monoisotopic (exact) mass is 387 g/mol. The average molecular weight is 387 g/mol. The van der Waals surface area contributed by atoms with Crippen molar-refractivity contribution < 1.29 is 0 Å². The maximum atomic E-state index is 9.14. The molecule has 7 nitrogen and oxygen atoms in total. The third-order valence-electron chi connectivity index (χ3n) is 5.97. The van der Waals surface area contributed by atoms with E-state index in [0.29, 0.717) is 0 Å². The summed E-state index contributed by atoms with van der Waals surface area (Å²) in [5, 5.41) is 18.4. The Balaban J connectivity index is 1.13. The van der Waals surface area contributed by atoms with Crippen molar-refractivity contribution in [1.29, 1.82) is 5.26 Å². The van der Waals surface area contributed by atoms with E-state index in [2.05, 4.69) is 48.5 Å². The van der Waals surface area contributed by atoms with E-state index in [-0.39, 0.29) is 0 Å². The zero-order chi connectivity index (χ0) is 19.6. The maximum absolute atomic E-state index is 9.14. The molecule has 0 unspecified atom stereocenters. The molecule has 2 N–H and O–H groups in total. The summed E-state index contributed by atoms with van der Waals surface area (Å²) in [6, 6.07) is 12.2. The lowest BCUT2D eigenvalue weighted by atomic mass is 10.1. The van der Waals surface area contributed by atoms with E-state index in [1.54, 1.807) is 0 Å². The molecule has 7 heteroatoms. The first-order valence-electron chi connectivity index (χ1n) is 10.3. The van der Waals surface area contributed by atoms with Crippen molar-refractivity contribution in [3.05, 3.63) is 53.9 Å². The van der Waals surface area contributed by atoms with Gasteiger partial charge in [0.1, 0.15) is 6.67 Å². The quantitative estimate of drug-likeness (QED) is 0.701. The summed E-state index contributed by atoms with van der Waals surface area (Å²) in [4.78, 5) is 10.3. The minimum atomic E-state index is 0.725. The summed E-state index contributed by atoms with van der Waals surface area (Å²) in [6.07, 6.45) is 6.09. The predicted octanol–water partition coefficient (Wildman–Crippen LogP) is 2.79. The molecule has 4 heterocycles. The number of rotatable bonds is 5. The largest absolute Gasteiger partial charge is 0.361 e. The van der Waals surface area contributed by atoms with Crippen molar-refractivity contribution in [2.24, 2.45) is 0 Å². The number of hydrogen-bond acceptors (Lipinski definition) is 6. The van der Waals surface area contributed by atoms with Crippen molar-refractivity contribution in [3.8, 4) is 6.07 Å². The first-order chi connectivity index (χ1) is 14.3. The van der Waals surface area contributed by atoms with Gasteiger partial charge in [-0.2, -0.15) is 5.26 Å². The van der Waals surface area contributed by atoms with Crippen LogP contribution in [0, 0.1) is 11.3 Å². The van der Waals surface area contributed by atoms with Crippen molar-refractivity contribution >= 4 is 22.4 Å².